The smallest absolute Gasteiger partial charge is 0.338 e. The summed E-state index contributed by atoms with van der Waals surface area (Å²) < 4.78 is 16.2. The van der Waals surface area contributed by atoms with E-state index in [1.807, 2.05) is 0 Å². The summed E-state index contributed by atoms with van der Waals surface area (Å²) in [4.78, 5) is 29.7. The third-order valence-corrected chi connectivity index (χ3v) is 4.45. The van der Waals surface area contributed by atoms with Gasteiger partial charge in [-0.15, -0.1) is 0 Å². The molecule has 2 aromatic carbocycles. The van der Waals surface area contributed by atoms with Crippen LogP contribution in [0.3, 0.4) is 0 Å². The van der Waals surface area contributed by atoms with Crippen LogP contribution in [0.2, 0.25) is 0 Å². The molecule has 2 aliphatic rings. The van der Waals surface area contributed by atoms with Gasteiger partial charge in [0.2, 0.25) is 11.2 Å². The zero-order valence-electron chi connectivity index (χ0n) is 15.1. The van der Waals surface area contributed by atoms with Crippen LogP contribution in [-0.4, -0.2) is 30.3 Å². The Balaban J connectivity index is 2.17. The van der Waals surface area contributed by atoms with E-state index in [9.17, 15) is 14.7 Å². The summed E-state index contributed by atoms with van der Waals surface area (Å²) in [5.74, 6) is -0.793. The van der Waals surface area contributed by atoms with Crippen molar-refractivity contribution in [3.8, 4) is 34.1 Å². The molecular weight excluding hydrogens is 362 g/mol. The number of methoxy groups -OCH3 is 2. The molecule has 0 fully saturated rings. The predicted molar refractivity (Wildman–Crippen MR) is 102 cm³/mol. The Morgan fingerprint density at radius 1 is 1.04 bits per heavy atom. The lowest BCUT2D eigenvalue weighted by atomic mass is 9.94. The van der Waals surface area contributed by atoms with E-state index in [0.29, 0.717) is 22.4 Å². The Morgan fingerprint density at radius 2 is 1.75 bits per heavy atom. The average molecular weight is 377 g/mol. The summed E-state index contributed by atoms with van der Waals surface area (Å²) in [5, 5.41) is 9.90. The largest absolute Gasteiger partial charge is 0.497 e. The van der Waals surface area contributed by atoms with Crippen molar-refractivity contribution in [1.29, 1.82) is 0 Å². The van der Waals surface area contributed by atoms with E-state index in [2.05, 4.69) is 4.98 Å². The molecule has 140 valence electrons. The number of aromatic carboxylic acids is 1. The van der Waals surface area contributed by atoms with Crippen molar-refractivity contribution in [3.05, 3.63) is 64.3 Å². The first kappa shape index (κ1) is 17.5. The maximum atomic E-state index is 13.1. The number of hydrogen-bond acceptors (Lipinski definition) is 6. The molecule has 28 heavy (non-hydrogen) atoms. The maximum absolute atomic E-state index is 13.1. The standard InChI is InChI=1S/C21H15NO6/c1-26-12-9-7-11(8-10-12)15-16(21(24)25)17-19(20(27-2)18(15)23)28-14-6-4-3-5-13(14)22-17/h3-10H,1-2H3,(H,24,25). The van der Waals surface area contributed by atoms with Crippen molar-refractivity contribution in [1.82, 2.24) is 4.98 Å². The minimum atomic E-state index is -1.28. The van der Waals surface area contributed by atoms with Gasteiger partial charge in [-0.3, -0.25) is 4.79 Å². The number of nitrogens with zero attached hydrogens (tertiary/aromatic N) is 1. The van der Waals surface area contributed by atoms with Crippen molar-refractivity contribution in [2.75, 3.05) is 14.2 Å². The molecule has 7 nitrogen and oxygen atoms in total. The van der Waals surface area contributed by atoms with Crippen LogP contribution in [0, 0.1) is 0 Å². The van der Waals surface area contributed by atoms with Crippen LogP contribution >= 0.6 is 0 Å². The number of carboxylic acid groups (broad SMARTS) is 1. The Morgan fingerprint density at radius 3 is 2.39 bits per heavy atom. The average Bonchev–Trinajstić information content (AvgIpc) is 2.71. The number of carboxylic acids is 1. The fourth-order valence-electron chi connectivity index (χ4n) is 3.16. The van der Waals surface area contributed by atoms with Crippen LogP contribution < -0.4 is 14.9 Å². The van der Waals surface area contributed by atoms with Gasteiger partial charge in [0.05, 0.1) is 19.8 Å². The highest BCUT2D eigenvalue weighted by Crippen LogP contribution is 2.38. The first-order chi connectivity index (χ1) is 13.5. The first-order valence-electron chi connectivity index (χ1n) is 8.36. The van der Waals surface area contributed by atoms with Gasteiger partial charge in [0, 0.05) is 0 Å². The molecule has 0 atom stereocenters. The SMILES string of the molecule is COc1ccc(-c2c(C(=O)O)c3nc4ccccc4oc-3c(OC)c2=O)cc1. The van der Waals surface area contributed by atoms with Gasteiger partial charge < -0.3 is 19.0 Å². The lowest BCUT2D eigenvalue weighted by Crippen LogP contribution is -2.18. The Labute approximate surface area is 159 Å². The summed E-state index contributed by atoms with van der Waals surface area (Å²) in [6, 6.07) is 13.4. The molecule has 0 radical (unpaired) electrons. The Hall–Kier alpha value is -3.87. The topological polar surface area (TPSA) is 98.9 Å². The summed E-state index contributed by atoms with van der Waals surface area (Å²) in [6.45, 7) is 0. The molecule has 0 saturated heterocycles. The number of ether oxygens (including phenoxy) is 2. The summed E-state index contributed by atoms with van der Waals surface area (Å²) in [6.07, 6.45) is 0. The predicted octanol–water partition coefficient (Wildman–Crippen LogP) is 3.68. The minimum absolute atomic E-state index is 0.000798. The van der Waals surface area contributed by atoms with Crippen molar-refractivity contribution in [3.63, 3.8) is 0 Å². The van der Waals surface area contributed by atoms with E-state index < -0.39 is 11.4 Å². The minimum Gasteiger partial charge on any atom is -0.497 e. The Bertz CT molecular complexity index is 1230. The lowest BCUT2D eigenvalue weighted by molar-refractivity contribution is 0.0698. The summed E-state index contributed by atoms with van der Waals surface area (Å²) in [5.41, 5.74) is 0.517. The third-order valence-electron chi connectivity index (χ3n) is 4.45. The van der Waals surface area contributed by atoms with Crippen LogP contribution in [-0.2, 0) is 0 Å². The van der Waals surface area contributed by atoms with E-state index >= 15 is 0 Å². The molecule has 0 bridgehead atoms. The maximum Gasteiger partial charge on any atom is 0.338 e. The van der Waals surface area contributed by atoms with Gasteiger partial charge in [0.15, 0.2) is 11.3 Å². The van der Waals surface area contributed by atoms with Gasteiger partial charge in [0.1, 0.15) is 22.5 Å². The molecule has 4 rings (SSSR count). The van der Waals surface area contributed by atoms with Gasteiger partial charge in [-0.2, -0.15) is 0 Å². The first-order valence-corrected chi connectivity index (χ1v) is 8.36. The van der Waals surface area contributed by atoms with Crippen LogP contribution in [0.1, 0.15) is 10.4 Å². The van der Waals surface area contributed by atoms with Crippen molar-refractivity contribution in [2.45, 2.75) is 0 Å². The highest BCUT2D eigenvalue weighted by Gasteiger charge is 2.31. The van der Waals surface area contributed by atoms with Gasteiger partial charge in [-0.25, -0.2) is 9.78 Å². The van der Waals surface area contributed by atoms with Crippen LogP contribution in [0.4, 0.5) is 0 Å². The van der Waals surface area contributed by atoms with Gasteiger partial charge in [-0.05, 0) is 29.8 Å². The molecule has 0 saturated carbocycles. The quantitative estimate of drug-likeness (QED) is 0.542. The molecule has 1 aliphatic heterocycles. The second-order valence-electron chi connectivity index (χ2n) is 6.01. The highest BCUT2D eigenvalue weighted by molar-refractivity contribution is 6.04. The van der Waals surface area contributed by atoms with Crippen molar-refractivity contribution < 1.29 is 23.8 Å². The van der Waals surface area contributed by atoms with E-state index in [1.54, 1.807) is 48.5 Å². The molecule has 0 aromatic heterocycles. The fraction of sp³-hybridized carbons (Fsp3) is 0.0952. The van der Waals surface area contributed by atoms with E-state index in [0.717, 1.165) is 0 Å². The summed E-state index contributed by atoms with van der Waals surface area (Å²) in [7, 11) is 2.85. The number of hydrogen-bond donors (Lipinski definition) is 1. The number of fused-ring (bicyclic) bond motifs is 2. The van der Waals surface area contributed by atoms with E-state index in [1.165, 1.54) is 14.2 Å². The van der Waals surface area contributed by atoms with Crippen LogP contribution in [0.25, 0.3) is 33.7 Å². The lowest BCUT2D eigenvalue weighted by Gasteiger charge is -2.16. The zero-order chi connectivity index (χ0) is 19.8. The van der Waals surface area contributed by atoms with Crippen LogP contribution in [0.15, 0.2) is 57.7 Å². The zero-order valence-corrected chi connectivity index (χ0v) is 15.1. The third kappa shape index (κ3) is 2.64. The van der Waals surface area contributed by atoms with Crippen LogP contribution in [0.5, 0.6) is 11.5 Å². The van der Waals surface area contributed by atoms with E-state index in [-0.39, 0.29) is 28.3 Å². The van der Waals surface area contributed by atoms with Crippen molar-refractivity contribution in [2.24, 2.45) is 0 Å². The number of aromatic nitrogens is 1. The van der Waals surface area contributed by atoms with Crippen molar-refractivity contribution >= 4 is 17.1 Å². The van der Waals surface area contributed by atoms with Gasteiger partial charge in [-0.1, -0.05) is 24.3 Å². The second kappa shape index (κ2) is 6.70. The fourth-order valence-corrected chi connectivity index (χ4v) is 3.16. The van der Waals surface area contributed by atoms with E-state index in [4.69, 9.17) is 13.9 Å². The second-order valence-corrected chi connectivity index (χ2v) is 6.01. The molecule has 1 aliphatic carbocycles. The number of para-hydroxylation sites is 2. The normalized spacial score (nSPS) is 10.9. The monoisotopic (exact) mass is 377 g/mol. The molecule has 7 heteroatoms. The summed E-state index contributed by atoms with van der Waals surface area (Å²) >= 11 is 0. The Kier molecular flexibility index (Phi) is 4.19. The number of benzene rings is 3. The molecule has 0 amide bonds. The highest BCUT2D eigenvalue weighted by atomic mass is 16.5. The molecule has 0 unspecified atom stereocenters. The molecule has 1 heterocycles. The molecular formula is C21H15NO6. The number of rotatable bonds is 4. The molecule has 1 N–H and O–H groups in total. The van der Waals surface area contributed by atoms with Gasteiger partial charge in [0.25, 0.3) is 0 Å². The molecule has 2 aromatic rings. The van der Waals surface area contributed by atoms with Gasteiger partial charge >= 0.3 is 5.97 Å². The molecule has 0 spiro atoms. The number of carbonyl (C=O) groups is 1.